The molecule has 0 radical (unpaired) electrons. The zero-order valence-electron chi connectivity index (χ0n) is 12.7. The van der Waals surface area contributed by atoms with E-state index in [-0.39, 0.29) is 24.2 Å². The molecule has 2 aliphatic rings. The molecule has 2 fully saturated rings. The van der Waals surface area contributed by atoms with Gasteiger partial charge in [-0.15, -0.1) is 0 Å². The normalized spacial score (nSPS) is 23.2. The summed E-state index contributed by atoms with van der Waals surface area (Å²) in [4.78, 5) is 30.6. The summed E-state index contributed by atoms with van der Waals surface area (Å²) in [7, 11) is 2.06. The van der Waals surface area contributed by atoms with E-state index in [4.69, 9.17) is 11.6 Å². The van der Waals surface area contributed by atoms with Gasteiger partial charge in [0.2, 0.25) is 11.8 Å². The van der Waals surface area contributed by atoms with E-state index in [0.717, 1.165) is 26.2 Å². The van der Waals surface area contributed by atoms with E-state index in [2.05, 4.69) is 11.9 Å². The highest BCUT2D eigenvalue weighted by atomic mass is 35.5. The fourth-order valence-corrected chi connectivity index (χ4v) is 3.30. The van der Waals surface area contributed by atoms with Crippen LogP contribution in [0.2, 0.25) is 5.02 Å². The van der Waals surface area contributed by atoms with Crippen LogP contribution in [0.1, 0.15) is 6.42 Å². The summed E-state index contributed by atoms with van der Waals surface area (Å²) in [5.74, 6) is -0.191. The summed E-state index contributed by atoms with van der Waals surface area (Å²) >= 11 is 6.17. The summed E-state index contributed by atoms with van der Waals surface area (Å²) in [5, 5.41) is 0.545. The highest BCUT2D eigenvalue weighted by molar-refractivity contribution is 6.33. The molecule has 6 heteroatoms. The molecule has 5 nitrogen and oxygen atoms in total. The average molecular weight is 322 g/mol. The summed E-state index contributed by atoms with van der Waals surface area (Å²) in [5.41, 5.74) is 0.697. The van der Waals surface area contributed by atoms with Crippen LogP contribution in [0.5, 0.6) is 0 Å². The van der Waals surface area contributed by atoms with E-state index in [1.54, 1.807) is 11.0 Å². The van der Waals surface area contributed by atoms with Crippen LogP contribution >= 0.6 is 11.6 Å². The van der Waals surface area contributed by atoms with Crippen molar-refractivity contribution in [2.24, 2.45) is 5.92 Å². The van der Waals surface area contributed by atoms with Gasteiger partial charge in [0.05, 0.1) is 16.6 Å². The molecular weight excluding hydrogens is 302 g/mol. The fraction of sp³-hybridized carbons (Fsp3) is 0.500. The molecule has 0 bridgehead atoms. The molecule has 0 aliphatic carbocycles. The number of amides is 2. The van der Waals surface area contributed by atoms with Gasteiger partial charge in [0.1, 0.15) is 0 Å². The first-order valence-corrected chi connectivity index (χ1v) is 7.96. The van der Waals surface area contributed by atoms with Gasteiger partial charge in [-0.1, -0.05) is 23.7 Å². The van der Waals surface area contributed by atoms with Crippen molar-refractivity contribution in [1.82, 2.24) is 9.80 Å². The standard InChI is InChI=1S/C16H20ClN3O2/c1-18-6-8-19(9-7-18)16(22)12-10-15(21)20(11-12)14-5-3-2-4-13(14)17/h2-5,12H,6-11H2,1H3. The maximum Gasteiger partial charge on any atom is 0.228 e. The Bertz CT molecular complexity index is 585. The second kappa shape index (κ2) is 6.26. The second-order valence-corrected chi connectivity index (χ2v) is 6.39. The van der Waals surface area contributed by atoms with Crippen LogP contribution in [0, 0.1) is 5.92 Å². The molecule has 0 spiro atoms. The lowest BCUT2D eigenvalue weighted by Crippen LogP contribution is -2.49. The molecule has 3 rings (SSSR count). The number of anilines is 1. The highest BCUT2D eigenvalue weighted by Crippen LogP contribution is 2.31. The number of hydrogen-bond donors (Lipinski definition) is 0. The second-order valence-electron chi connectivity index (χ2n) is 5.99. The van der Waals surface area contributed by atoms with Crippen LogP contribution in [0.25, 0.3) is 0 Å². The largest absolute Gasteiger partial charge is 0.340 e. The Morgan fingerprint density at radius 1 is 1.18 bits per heavy atom. The number of piperazine rings is 1. The maximum absolute atomic E-state index is 12.6. The van der Waals surface area contributed by atoms with E-state index in [9.17, 15) is 9.59 Å². The number of likely N-dealkylation sites (N-methyl/N-ethyl adjacent to an activating group) is 1. The molecule has 1 aromatic rings. The smallest absolute Gasteiger partial charge is 0.228 e. The van der Waals surface area contributed by atoms with E-state index in [1.807, 2.05) is 23.1 Å². The van der Waals surface area contributed by atoms with Gasteiger partial charge in [-0.2, -0.15) is 0 Å². The van der Waals surface area contributed by atoms with E-state index in [1.165, 1.54) is 0 Å². The molecule has 2 heterocycles. The molecule has 2 amide bonds. The lowest BCUT2D eigenvalue weighted by atomic mass is 10.1. The van der Waals surface area contributed by atoms with Crippen molar-refractivity contribution in [3.63, 3.8) is 0 Å². The van der Waals surface area contributed by atoms with Crippen molar-refractivity contribution in [3.8, 4) is 0 Å². The third kappa shape index (κ3) is 2.96. The molecule has 1 atom stereocenters. The van der Waals surface area contributed by atoms with Gasteiger partial charge in [0.25, 0.3) is 0 Å². The van der Waals surface area contributed by atoms with Gasteiger partial charge < -0.3 is 14.7 Å². The first-order chi connectivity index (χ1) is 10.6. The molecule has 0 saturated carbocycles. The monoisotopic (exact) mass is 321 g/mol. The van der Waals surface area contributed by atoms with Crippen LogP contribution in [-0.4, -0.2) is 61.4 Å². The van der Waals surface area contributed by atoms with Crippen LogP contribution in [0.3, 0.4) is 0 Å². The minimum absolute atomic E-state index is 0.0272. The number of hydrogen-bond acceptors (Lipinski definition) is 3. The maximum atomic E-state index is 12.6. The van der Waals surface area contributed by atoms with Gasteiger partial charge in [-0.3, -0.25) is 9.59 Å². The van der Waals surface area contributed by atoms with Crippen molar-refractivity contribution in [2.75, 3.05) is 44.7 Å². The van der Waals surface area contributed by atoms with E-state index in [0.29, 0.717) is 17.3 Å². The van der Waals surface area contributed by atoms with Crippen LogP contribution in [0.15, 0.2) is 24.3 Å². The number of nitrogens with zero attached hydrogens (tertiary/aromatic N) is 3. The Morgan fingerprint density at radius 2 is 1.86 bits per heavy atom. The van der Waals surface area contributed by atoms with Crippen LogP contribution in [-0.2, 0) is 9.59 Å². The quantitative estimate of drug-likeness (QED) is 0.828. The highest BCUT2D eigenvalue weighted by Gasteiger charge is 2.38. The van der Waals surface area contributed by atoms with Crippen molar-refractivity contribution in [1.29, 1.82) is 0 Å². The summed E-state index contributed by atoms with van der Waals surface area (Å²) < 4.78 is 0. The zero-order valence-corrected chi connectivity index (χ0v) is 13.4. The summed E-state index contributed by atoms with van der Waals surface area (Å²) in [6.07, 6.45) is 0.274. The summed E-state index contributed by atoms with van der Waals surface area (Å²) in [6.45, 7) is 3.69. The molecule has 0 N–H and O–H groups in total. The lowest BCUT2D eigenvalue weighted by molar-refractivity contribution is -0.137. The van der Waals surface area contributed by atoms with Gasteiger partial charge in [0, 0.05) is 39.1 Å². The molecule has 0 aromatic heterocycles. The molecule has 22 heavy (non-hydrogen) atoms. The van der Waals surface area contributed by atoms with Gasteiger partial charge in [-0.05, 0) is 19.2 Å². The zero-order chi connectivity index (χ0) is 15.7. The fourth-order valence-electron chi connectivity index (χ4n) is 3.06. The van der Waals surface area contributed by atoms with Crippen molar-refractivity contribution >= 4 is 29.1 Å². The predicted molar refractivity (Wildman–Crippen MR) is 86.0 cm³/mol. The van der Waals surface area contributed by atoms with Gasteiger partial charge in [0.15, 0.2) is 0 Å². The van der Waals surface area contributed by atoms with Crippen molar-refractivity contribution in [2.45, 2.75) is 6.42 Å². The van der Waals surface area contributed by atoms with Crippen molar-refractivity contribution < 1.29 is 9.59 Å². The first-order valence-electron chi connectivity index (χ1n) is 7.58. The minimum Gasteiger partial charge on any atom is -0.340 e. The number of halogens is 1. The number of rotatable bonds is 2. The number of benzene rings is 1. The summed E-state index contributed by atoms with van der Waals surface area (Å²) in [6, 6.07) is 7.27. The SMILES string of the molecule is CN1CCN(C(=O)C2CC(=O)N(c3ccccc3Cl)C2)CC1. The number of para-hydroxylation sites is 1. The molecule has 1 aromatic carbocycles. The Balaban J connectivity index is 1.69. The predicted octanol–water partition coefficient (Wildman–Crippen LogP) is 1.47. The average Bonchev–Trinajstić information content (AvgIpc) is 2.90. The Labute approximate surface area is 135 Å². The first kappa shape index (κ1) is 15.3. The Hall–Kier alpha value is -1.59. The Morgan fingerprint density at radius 3 is 2.55 bits per heavy atom. The topological polar surface area (TPSA) is 43.9 Å². The van der Waals surface area contributed by atoms with E-state index >= 15 is 0 Å². The van der Waals surface area contributed by atoms with E-state index < -0.39 is 0 Å². The Kier molecular flexibility index (Phi) is 4.36. The number of carbonyl (C=O) groups excluding carboxylic acids is 2. The molecule has 1 unspecified atom stereocenters. The van der Waals surface area contributed by atoms with Crippen molar-refractivity contribution in [3.05, 3.63) is 29.3 Å². The molecule has 2 saturated heterocycles. The lowest BCUT2D eigenvalue weighted by Gasteiger charge is -2.33. The minimum atomic E-state index is -0.257. The third-order valence-electron chi connectivity index (χ3n) is 4.43. The third-order valence-corrected chi connectivity index (χ3v) is 4.75. The molecule has 118 valence electrons. The molecule has 2 aliphatic heterocycles. The number of carbonyl (C=O) groups is 2. The van der Waals surface area contributed by atoms with Crippen LogP contribution < -0.4 is 4.90 Å². The molecular formula is C16H20ClN3O2. The van der Waals surface area contributed by atoms with Gasteiger partial charge in [-0.25, -0.2) is 0 Å². The van der Waals surface area contributed by atoms with Crippen LogP contribution in [0.4, 0.5) is 5.69 Å². The van der Waals surface area contributed by atoms with Gasteiger partial charge >= 0.3 is 0 Å².